The van der Waals surface area contributed by atoms with Gasteiger partial charge in [-0.25, -0.2) is 23.3 Å². The van der Waals surface area contributed by atoms with Gasteiger partial charge in [-0.15, -0.1) is 5.48 Å². The predicted molar refractivity (Wildman–Crippen MR) is 161 cm³/mol. The molecule has 2 aromatic heterocycles. The maximum atomic E-state index is 14.2. The average Bonchev–Trinajstić information content (AvgIpc) is 3.61. The zero-order valence-electron chi connectivity index (χ0n) is 26.0. The molecule has 48 heavy (non-hydrogen) atoms. The number of alkyl halides is 5. The van der Waals surface area contributed by atoms with Gasteiger partial charge < -0.3 is 10.6 Å². The van der Waals surface area contributed by atoms with Crippen LogP contribution in [0.25, 0.3) is 5.78 Å². The molecule has 2 saturated heterocycles. The summed E-state index contributed by atoms with van der Waals surface area (Å²) >= 11 is 0. The molecule has 12 nitrogen and oxygen atoms in total. The highest BCUT2D eigenvalue weighted by Gasteiger charge is 2.46. The fraction of sp³-hybridized carbons (Fsp3) is 0.733. The summed E-state index contributed by atoms with van der Waals surface area (Å²) in [6.07, 6.45) is -0.937. The molecule has 2 amide bonds. The van der Waals surface area contributed by atoms with Gasteiger partial charge in [-0.05, 0) is 56.8 Å². The molecular weight excluding hydrogens is 663 g/mol. The first-order valence-electron chi connectivity index (χ1n) is 16.5. The molecule has 0 aromatic carbocycles. The maximum absolute atomic E-state index is 14.2. The molecule has 18 heteroatoms. The van der Waals surface area contributed by atoms with Gasteiger partial charge in [-0.2, -0.15) is 18.3 Å². The number of rotatable bonds is 8. The zero-order chi connectivity index (χ0) is 33.8. The summed E-state index contributed by atoms with van der Waals surface area (Å²) in [5, 5.41) is 14.0. The molecule has 262 valence electrons. The van der Waals surface area contributed by atoms with E-state index < -0.39 is 59.1 Å². The Morgan fingerprint density at radius 1 is 1.12 bits per heavy atom. The Bertz CT molecular complexity index is 1610. The van der Waals surface area contributed by atoms with Crippen molar-refractivity contribution >= 4 is 34.1 Å². The molecule has 0 bridgehead atoms. The van der Waals surface area contributed by atoms with E-state index in [-0.39, 0.29) is 73.8 Å². The van der Waals surface area contributed by atoms with Crippen LogP contribution in [0, 0.1) is 23.7 Å². The minimum Gasteiger partial charge on any atom is -0.355 e. The van der Waals surface area contributed by atoms with E-state index in [0.717, 1.165) is 12.8 Å². The minimum atomic E-state index is -4.47. The van der Waals surface area contributed by atoms with Crippen molar-refractivity contribution in [1.82, 2.24) is 35.7 Å². The molecule has 7 rings (SSSR count). The standard InChI is InChI=1S/C30H37F5N8O4S/c31-29(32)7-3-16(4-8-29)23(38-27(45)25-24(15-1-2-15)41-47-42-25)21-14-43-28(37-21)39-22(17-5-9-48(46)10-6-17)20(40-43)12-18-11-19(30(33,34)35)13-36-26(18)44/h14-19,23-24,41H,1-13H2,(H,36,44)(H,38,45). The third kappa shape index (κ3) is 7.05. The number of halogens is 5. The number of amides is 2. The third-order valence-corrected chi connectivity index (χ3v) is 11.7. The zero-order valence-corrected chi connectivity index (χ0v) is 26.8. The Morgan fingerprint density at radius 3 is 2.54 bits per heavy atom. The van der Waals surface area contributed by atoms with Crippen LogP contribution in [-0.4, -0.2) is 77.5 Å². The van der Waals surface area contributed by atoms with Crippen molar-refractivity contribution in [1.29, 1.82) is 0 Å². The highest BCUT2D eigenvalue weighted by Crippen LogP contribution is 2.42. The normalized spacial score (nSPS) is 30.4. The first-order valence-corrected chi connectivity index (χ1v) is 18.0. The van der Waals surface area contributed by atoms with Crippen LogP contribution in [0.3, 0.4) is 0 Å². The molecule has 5 heterocycles. The smallest absolute Gasteiger partial charge is 0.355 e. The predicted octanol–water partition coefficient (Wildman–Crippen LogP) is 3.26. The van der Waals surface area contributed by atoms with Crippen molar-refractivity contribution in [3.63, 3.8) is 0 Å². The average molecular weight is 701 g/mol. The highest BCUT2D eigenvalue weighted by atomic mass is 32.2. The van der Waals surface area contributed by atoms with Gasteiger partial charge in [0.1, 0.15) is 0 Å². The molecule has 3 aliphatic heterocycles. The van der Waals surface area contributed by atoms with Gasteiger partial charge >= 0.3 is 6.18 Å². The molecule has 4 unspecified atom stereocenters. The number of imidazole rings is 1. The SMILES string of the molecule is O=C(NC(c1cn2nc(CC3CC(C(F)(F)F)CNC3=O)c(C3CCS(=O)CC3)nc2n1)C1CCC(F)(F)CC1)C1=NONC1C1CC1. The van der Waals surface area contributed by atoms with Gasteiger partial charge in [0.15, 0.2) is 5.71 Å². The van der Waals surface area contributed by atoms with Crippen molar-refractivity contribution < 1.29 is 40.7 Å². The van der Waals surface area contributed by atoms with E-state index >= 15 is 0 Å². The second-order valence-corrected chi connectivity index (χ2v) is 15.4. The molecule has 0 spiro atoms. The van der Waals surface area contributed by atoms with Crippen molar-refractivity contribution in [2.24, 2.45) is 28.8 Å². The lowest BCUT2D eigenvalue weighted by atomic mass is 9.81. The lowest BCUT2D eigenvalue weighted by Gasteiger charge is -2.33. The van der Waals surface area contributed by atoms with E-state index in [1.807, 2.05) is 0 Å². The fourth-order valence-electron chi connectivity index (χ4n) is 7.35. The Morgan fingerprint density at radius 2 is 1.85 bits per heavy atom. The van der Waals surface area contributed by atoms with Crippen LogP contribution in [0.4, 0.5) is 22.0 Å². The number of oxime groups is 1. The topological polar surface area (TPSA) is 152 Å². The number of piperidine rings is 1. The molecule has 2 aliphatic carbocycles. The molecule has 0 radical (unpaired) electrons. The summed E-state index contributed by atoms with van der Waals surface area (Å²) in [4.78, 5) is 40.8. The van der Waals surface area contributed by atoms with Crippen molar-refractivity contribution in [3.8, 4) is 0 Å². The van der Waals surface area contributed by atoms with Crippen LogP contribution >= 0.6 is 0 Å². The summed E-state index contributed by atoms with van der Waals surface area (Å²) in [5.41, 5.74) is 4.11. The summed E-state index contributed by atoms with van der Waals surface area (Å²) in [5.74, 6) is -5.82. The quantitative estimate of drug-likeness (QED) is 0.355. The molecule has 4 atom stereocenters. The van der Waals surface area contributed by atoms with E-state index in [0.29, 0.717) is 41.4 Å². The van der Waals surface area contributed by atoms with E-state index in [1.54, 1.807) is 6.20 Å². The van der Waals surface area contributed by atoms with Gasteiger partial charge in [-0.3, -0.25) is 18.7 Å². The number of hydrogen-bond donors (Lipinski definition) is 3. The Kier molecular flexibility index (Phi) is 8.91. The lowest BCUT2D eigenvalue weighted by molar-refractivity contribution is -0.183. The van der Waals surface area contributed by atoms with Crippen molar-refractivity contribution in [2.45, 2.75) is 94.3 Å². The van der Waals surface area contributed by atoms with Gasteiger partial charge in [0, 0.05) is 59.9 Å². The molecule has 5 aliphatic rings. The second-order valence-electron chi connectivity index (χ2n) is 13.7. The second kappa shape index (κ2) is 12.9. The van der Waals surface area contributed by atoms with Gasteiger partial charge in [-0.1, -0.05) is 5.16 Å². The first-order chi connectivity index (χ1) is 22.8. The Balaban J connectivity index is 1.22. The number of nitrogens with one attached hydrogen (secondary N) is 3. The lowest BCUT2D eigenvalue weighted by Crippen LogP contribution is -2.47. The number of carbonyl (C=O) groups is 2. The minimum absolute atomic E-state index is 0.0863. The monoisotopic (exact) mass is 700 g/mol. The highest BCUT2D eigenvalue weighted by molar-refractivity contribution is 7.85. The molecular formula is C30H37F5N8O4S. The van der Waals surface area contributed by atoms with Crippen LogP contribution in [0.15, 0.2) is 11.4 Å². The number of hydrogen-bond acceptors (Lipinski definition) is 9. The van der Waals surface area contributed by atoms with E-state index in [9.17, 15) is 35.8 Å². The van der Waals surface area contributed by atoms with Gasteiger partial charge in [0.05, 0.1) is 41.3 Å². The summed E-state index contributed by atoms with van der Waals surface area (Å²) in [7, 11) is -0.990. The number of hydroxylamine groups is 1. The largest absolute Gasteiger partial charge is 0.393 e. The fourth-order valence-corrected chi connectivity index (χ4v) is 8.65. The van der Waals surface area contributed by atoms with E-state index in [2.05, 4.69) is 21.3 Å². The van der Waals surface area contributed by atoms with E-state index in [1.165, 1.54) is 4.52 Å². The number of carbonyl (C=O) groups excluding carboxylic acids is 2. The summed E-state index contributed by atoms with van der Waals surface area (Å²) < 4.78 is 82.7. The first kappa shape index (κ1) is 33.2. The van der Waals surface area contributed by atoms with Crippen molar-refractivity contribution in [3.05, 3.63) is 23.3 Å². The number of aromatic nitrogens is 4. The van der Waals surface area contributed by atoms with Gasteiger partial charge in [0.25, 0.3) is 11.7 Å². The number of fused-ring (bicyclic) bond motifs is 1. The number of nitrogens with zero attached hydrogens (tertiary/aromatic N) is 5. The third-order valence-electron chi connectivity index (χ3n) is 10.4. The van der Waals surface area contributed by atoms with E-state index in [4.69, 9.17) is 20.0 Å². The molecule has 2 aromatic rings. The van der Waals surface area contributed by atoms with Crippen LogP contribution < -0.4 is 16.1 Å². The maximum Gasteiger partial charge on any atom is 0.393 e. The van der Waals surface area contributed by atoms with Crippen molar-refractivity contribution in [2.75, 3.05) is 18.1 Å². The summed E-state index contributed by atoms with van der Waals surface area (Å²) in [6, 6.07) is -1.17. The van der Waals surface area contributed by atoms with Crippen LogP contribution in [0.2, 0.25) is 0 Å². The Labute approximate surface area is 274 Å². The molecule has 3 N–H and O–H groups in total. The van der Waals surface area contributed by atoms with Crippen LogP contribution in [0.1, 0.15) is 86.8 Å². The Hall–Kier alpha value is -3.28. The molecule has 4 fully saturated rings. The van der Waals surface area contributed by atoms with Crippen LogP contribution in [-0.2, 0) is 31.7 Å². The molecule has 2 saturated carbocycles. The van der Waals surface area contributed by atoms with Gasteiger partial charge in [0.2, 0.25) is 11.8 Å². The summed E-state index contributed by atoms with van der Waals surface area (Å²) in [6.45, 7) is -0.480. The van der Waals surface area contributed by atoms with Crippen LogP contribution in [0.5, 0.6) is 0 Å².